The van der Waals surface area contributed by atoms with Gasteiger partial charge in [0.1, 0.15) is 10.7 Å². The molecule has 1 aliphatic heterocycles. The fourth-order valence-corrected chi connectivity index (χ4v) is 3.52. The largest absolute Gasteiger partial charge is 0.488 e. The average molecular weight is 302 g/mol. The zero-order valence-electron chi connectivity index (χ0n) is 11.0. The number of sulfonamides is 1. The van der Waals surface area contributed by atoms with Gasteiger partial charge in [0, 0.05) is 26.2 Å². The number of halogens is 1. The molecule has 110 valence electrons. The van der Waals surface area contributed by atoms with Crippen LogP contribution in [0.5, 0.6) is 0 Å². The number of likely N-dealkylation sites (N-methyl/N-ethyl adjacent to an activating group) is 1. The molecule has 0 radical (unpaired) electrons. The minimum atomic E-state index is -3.89. The third kappa shape index (κ3) is 3.02. The van der Waals surface area contributed by atoms with Crippen molar-refractivity contribution in [3.63, 3.8) is 0 Å². The molecule has 1 aliphatic rings. The minimum Gasteiger partial charge on any atom is -0.423 e. The van der Waals surface area contributed by atoms with Gasteiger partial charge in [-0.2, -0.15) is 4.31 Å². The summed E-state index contributed by atoms with van der Waals surface area (Å²) in [4.78, 5) is 1.56. The molecule has 0 aromatic heterocycles. The first kappa shape index (κ1) is 15.4. The zero-order chi connectivity index (χ0) is 14.9. The van der Waals surface area contributed by atoms with Crippen LogP contribution in [0.25, 0.3) is 0 Å². The first-order valence-electron chi connectivity index (χ1n) is 6.16. The first-order valence-corrected chi connectivity index (χ1v) is 7.60. The quantitative estimate of drug-likeness (QED) is 0.660. The van der Waals surface area contributed by atoms with Gasteiger partial charge in [-0.25, -0.2) is 12.8 Å². The van der Waals surface area contributed by atoms with Crippen LogP contribution >= 0.6 is 0 Å². The molecule has 1 aromatic rings. The molecule has 1 aromatic carbocycles. The van der Waals surface area contributed by atoms with Crippen molar-refractivity contribution in [1.82, 2.24) is 9.21 Å². The standard InChI is InChI=1S/C11H16BFN2O4S/c1-14-4-6-15(7-5-14)20(18,19)11-3-2-9(12(16)17)8-10(11)13/h2-3,8,16-17H,4-7H2,1H3. The van der Waals surface area contributed by atoms with Gasteiger partial charge in [-0.05, 0) is 24.6 Å². The van der Waals surface area contributed by atoms with Crippen LogP contribution in [0, 0.1) is 5.82 Å². The van der Waals surface area contributed by atoms with Gasteiger partial charge in [-0.1, -0.05) is 6.07 Å². The fraction of sp³-hybridized carbons (Fsp3) is 0.455. The van der Waals surface area contributed by atoms with Crippen molar-refractivity contribution >= 4 is 22.6 Å². The molecule has 2 rings (SSSR count). The average Bonchev–Trinajstić information content (AvgIpc) is 2.38. The SMILES string of the molecule is CN1CCN(S(=O)(=O)c2ccc(B(O)O)cc2F)CC1. The van der Waals surface area contributed by atoms with Crippen molar-refractivity contribution in [1.29, 1.82) is 0 Å². The first-order chi connectivity index (χ1) is 9.32. The molecular weight excluding hydrogens is 286 g/mol. The molecule has 2 N–H and O–H groups in total. The highest BCUT2D eigenvalue weighted by Gasteiger charge is 2.30. The predicted molar refractivity (Wildman–Crippen MR) is 72.5 cm³/mol. The molecule has 1 heterocycles. The molecule has 1 saturated heterocycles. The molecule has 6 nitrogen and oxygen atoms in total. The summed E-state index contributed by atoms with van der Waals surface area (Å²) in [5.41, 5.74) is -0.0835. The van der Waals surface area contributed by atoms with Crippen molar-refractivity contribution in [2.75, 3.05) is 33.2 Å². The molecule has 0 saturated carbocycles. The van der Waals surface area contributed by atoms with Crippen LogP contribution in [-0.2, 0) is 10.0 Å². The Morgan fingerprint density at radius 2 is 1.80 bits per heavy atom. The lowest BCUT2D eigenvalue weighted by Gasteiger charge is -2.31. The van der Waals surface area contributed by atoms with E-state index in [0.29, 0.717) is 26.2 Å². The molecule has 0 spiro atoms. The second kappa shape index (κ2) is 5.78. The highest BCUT2D eigenvalue weighted by atomic mass is 32.2. The lowest BCUT2D eigenvalue weighted by Crippen LogP contribution is -2.47. The number of hydrogen-bond acceptors (Lipinski definition) is 5. The number of benzene rings is 1. The lowest BCUT2D eigenvalue weighted by atomic mass is 9.80. The lowest BCUT2D eigenvalue weighted by molar-refractivity contribution is 0.222. The van der Waals surface area contributed by atoms with Crippen LogP contribution in [-0.4, -0.2) is 68.0 Å². The van der Waals surface area contributed by atoms with Crippen molar-refractivity contribution in [3.8, 4) is 0 Å². The van der Waals surface area contributed by atoms with Crippen LogP contribution < -0.4 is 5.46 Å². The van der Waals surface area contributed by atoms with Gasteiger partial charge in [0.15, 0.2) is 0 Å². The van der Waals surface area contributed by atoms with Crippen LogP contribution in [0.4, 0.5) is 4.39 Å². The summed E-state index contributed by atoms with van der Waals surface area (Å²) < 4.78 is 39.8. The van der Waals surface area contributed by atoms with E-state index in [-0.39, 0.29) is 5.46 Å². The molecular formula is C11H16BFN2O4S. The Hall–Kier alpha value is -0.995. The Labute approximate surface area is 117 Å². The highest BCUT2D eigenvalue weighted by Crippen LogP contribution is 2.19. The normalized spacial score (nSPS) is 18.2. The zero-order valence-corrected chi connectivity index (χ0v) is 11.8. The molecule has 0 atom stereocenters. The van der Waals surface area contributed by atoms with Crippen molar-refractivity contribution in [2.24, 2.45) is 0 Å². The predicted octanol–water partition coefficient (Wildman–Crippen LogP) is -1.56. The van der Waals surface area contributed by atoms with E-state index in [9.17, 15) is 12.8 Å². The van der Waals surface area contributed by atoms with Crippen LogP contribution in [0.1, 0.15) is 0 Å². The Kier molecular flexibility index (Phi) is 4.45. The Bertz CT molecular complexity index is 588. The minimum absolute atomic E-state index is 0.0835. The maximum atomic E-state index is 13.9. The monoisotopic (exact) mass is 302 g/mol. The third-order valence-corrected chi connectivity index (χ3v) is 5.27. The number of hydrogen-bond donors (Lipinski definition) is 2. The molecule has 9 heteroatoms. The van der Waals surface area contributed by atoms with E-state index in [1.54, 1.807) is 0 Å². The summed E-state index contributed by atoms with van der Waals surface area (Å²) in [6.07, 6.45) is 0. The van der Waals surface area contributed by atoms with E-state index in [2.05, 4.69) is 0 Å². The summed E-state index contributed by atoms with van der Waals surface area (Å²) in [6.45, 7) is 1.80. The van der Waals surface area contributed by atoms with Crippen molar-refractivity contribution in [2.45, 2.75) is 4.90 Å². The van der Waals surface area contributed by atoms with Crippen molar-refractivity contribution < 1.29 is 22.9 Å². The summed E-state index contributed by atoms with van der Waals surface area (Å²) in [5.74, 6) is -0.977. The summed E-state index contributed by atoms with van der Waals surface area (Å²) in [7, 11) is -3.83. The van der Waals surface area contributed by atoms with Gasteiger partial charge in [0.2, 0.25) is 10.0 Å². The molecule has 0 amide bonds. The Morgan fingerprint density at radius 1 is 1.20 bits per heavy atom. The maximum absolute atomic E-state index is 13.9. The number of nitrogens with zero attached hydrogens (tertiary/aromatic N) is 2. The molecule has 0 bridgehead atoms. The van der Waals surface area contributed by atoms with E-state index < -0.39 is 27.9 Å². The number of rotatable bonds is 3. The van der Waals surface area contributed by atoms with E-state index in [1.165, 1.54) is 10.4 Å². The molecule has 20 heavy (non-hydrogen) atoms. The van der Waals surface area contributed by atoms with Crippen molar-refractivity contribution in [3.05, 3.63) is 24.0 Å². The summed E-state index contributed by atoms with van der Waals surface area (Å²) >= 11 is 0. The smallest absolute Gasteiger partial charge is 0.423 e. The van der Waals surface area contributed by atoms with Crippen LogP contribution in [0.15, 0.2) is 23.1 Å². The van der Waals surface area contributed by atoms with Gasteiger partial charge in [0.25, 0.3) is 0 Å². The Balaban J connectivity index is 2.30. The molecule has 1 fully saturated rings. The second-order valence-electron chi connectivity index (χ2n) is 4.77. The highest BCUT2D eigenvalue weighted by molar-refractivity contribution is 7.89. The van der Waals surface area contributed by atoms with Crippen LogP contribution in [0.3, 0.4) is 0 Å². The molecule has 0 unspecified atom stereocenters. The van der Waals surface area contributed by atoms with Gasteiger partial charge >= 0.3 is 7.12 Å². The van der Waals surface area contributed by atoms with E-state index >= 15 is 0 Å². The maximum Gasteiger partial charge on any atom is 0.488 e. The second-order valence-corrected chi connectivity index (χ2v) is 6.68. The Morgan fingerprint density at radius 3 is 2.30 bits per heavy atom. The molecule has 0 aliphatic carbocycles. The van der Waals surface area contributed by atoms with E-state index in [4.69, 9.17) is 10.0 Å². The van der Waals surface area contributed by atoms with Crippen LogP contribution in [0.2, 0.25) is 0 Å². The summed E-state index contributed by atoms with van der Waals surface area (Å²) in [6, 6.07) is 3.09. The van der Waals surface area contributed by atoms with E-state index in [1.807, 2.05) is 11.9 Å². The third-order valence-electron chi connectivity index (χ3n) is 3.33. The number of piperazine rings is 1. The van der Waals surface area contributed by atoms with E-state index in [0.717, 1.165) is 12.1 Å². The fourth-order valence-electron chi connectivity index (χ4n) is 2.05. The van der Waals surface area contributed by atoms with Gasteiger partial charge < -0.3 is 14.9 Å². The topological polar surface area (TPSA) is 81.1 Å². The van der Waals surface area contributed by atoms with Gasteiger partial charge in [-0.15, -0.1) is 0 Å². The summed E-state index contributed by atoms with van der Waals surface area (Å²) in [5, 5.41) is 17.9. The van der Waals surface area contributed by atoms with Gasteiger partial charge in [0.05, 0.1) is 0 Å². The van der Waals surface area contributed by atoms with Gasteiger partial charge in [-0.3, -0.25) is 0 Å².